The van der Waals surface area contributed by atoms with E-state index in [0.29, 0.717) is 31.5 Å². The molecule has 0 unspecified atom stereocenters. The molecule has 1 aliphatic heterocycles. The minimum atomic E-state index is -0.826. The molecule has 148 valence electrons. The van der Waals surface area contributed by atoms with E-state index in [0.717, 1.165) is 15.3 Å². The molecule has 2 aromatic rings. The zero-order chi connectivity index (χ0) is 20.3. The van der Waals surface area contributed by atoms with Crippen molar-refractivity contribution in [3.63, 3.8) is 0 Å². The van der Waals surface area contributed by atoms with Gasteiger partial charge in [-0.05, 0) is 38.3 Å². The number of aryl methyl sites for hydroxylation is 2. The first-order chi connectivity index (χ1) is 13.3. The van der Waals surface area contributed by atoms with E-state index in [2.05, 4.69) is 0 Å². The first-order valence-electron chi connectivity index (χ1n) is 9.42. The van der Waals surface area contributed by atoms with Crippen LogP contribution in [0.5, 0.6) is 0 Å². The summed E-state index contributed by atoms with van der Waals surface area (Å²) >= 11 is 1.56. The van der Waals surface area contributed by atoms with Gasteiger partial charge in [0.25, 0.3) is 0 Å². The second-order valence-electron chi connectivity index (χ2n) is 7.28. The Morgan fingerprint density at radius 1 is 1.11 bits per heavy atom. The average molecular weight is 400 g/mol. The summed E-state index contributed by atoms with van der Waals surface area (Å²) in [5.74, 6) is -0.562. The van der Waals surface area contributed by atoms with Gasteiger partial charge in [0, 0.05) is 35.3 Å². The van der Waals surface area contributed by atoms with Gasteiger partial charge < -0.3 is 9.64 Å². The van der Waals surface area contributed by atoms with Gasteiger partial charge in [0.05, 0.1) is 5.41 Å². The van der Waals surface area contributed by atoms with Gasteiger partial charge in [-0.2, -0.15) is 0 Å². The molecular formula is C22H25NO4S. The highest BCUT2D eigenvalue weighted by Gasteiger charge is 2.45. The van der Waals surface area contributed by atoms with Gasteiger partial charge in [0.1, 0.15) is 0 Å². The monoisotopic (exact) mass is 399 g/mol. The maximum atomic E-state index is 13.1. The molecule has 1 fully saturated rings. The zero-order valence-corrected chi connectivity index (χ0v) is 17.3. The zero-order valence-electron chi connectivity index (χ0n) is 16.5. The highest BCUT2D eigenvalue weighted by atomic mass is 32.1. The Labute approximate surface area is 169 Å². The highest BCUT2D eigenvalue weighted by Crippen LogP contribution is 2.37. The number of thiophene rings is 1. The minimum absolute atomic E-state index is 0.00788. The topological polar surface area (TPSA) is 63.7 Å². The maximum Gasteiger partial charge on any atom is 0.317 e. The number of hydrogen-bond donors (Lipinski definition) is 0. The lowest BCUT2D eigenvalue weighted by Crippen LogP contribution is -2.49. The fourth-order valence-corrected chi connectivity index (χ4v) is 4.77. The van der Waals surface area contributed by atoms with Crippen LogP contribution >= 0.6 is 11.3 Å². The Morgan fingerprint density at radius 3 is 2.29 bits per heavy atom. The predicted octanol–water partition coefficient (Wildman–Crippen LogP) is 3.67. The highest BCUT2D eigenvalue weighted by molar-refractivity contribution is 7.12. The van der Waals surface area contributed by atoms with E-state index in [-0.39, 0.29) is 24.3 Å². The third-order valence-electron chi connectivity index (χ3n) is 5.46. The molecule has 1 aliphatic rings. The number of rotatable bonds is 5. The van der Waals surface area contributed by atoms with Gasteiger partial charge in [-0.25, -0.2) is 0 Å². The molecule has 2 heterocycles. The molecular weight excluding hydrogens is 374 g/mol. The van der Waals surface area contributed by atoms with E-state index in [4.69, 9.17) is 4.74 Å². The van der Waals surface area contributed by atoms with Gasteiger partial charge in [-0.3, -0.25) is 14.4 Å². The number of ether oxygens (including phenoxy) is 1. The van der Waals surface area contributed by atoms with Crippen molar-refractivity contribution in [2.24, 2.45) is 0 Å². The Hall–Kier alpha value is -2.47. The fraction of sp³-hybridized carbons (Fsp3) is 0.409. The summed E-state index contributed by atoms with van der Waals surface area (Å²) in [7, 11) is 0. The number of piperidine rings is 1. The summed E-state index contributed by atoms with van der Waals surface area (Å²) < 4.78 is 5.53. The largest absolute Gasteiger partial charge is 0.457 e. The van der Waals surface area contributed by atoms with E-state index < -0.39 is 5.41 Å². The number of Topliss-reactive ketones (excluding diaryl/α,β-unsaturated/α-hetero) is 1. The van der Waals surface area contributed by atoms with Crippen molar-refractivity contribution in [2.45, 2.75) is 39.0 Å². The molecule has 1 saturated heterocycles. The van der Waals surface area contributed by atoms with Crippen LogP contribution in [0.4, 0.5) is 0 Å². The third-order valence-corrected chi connectivity index (χ3v) is 6.42. The molecule has 0 spiro atoms. The molecule has 0 saturated carbocycles. The minimum Gasteiger partial charge on any atom is -0.457 e. The summed E-state index contributed by atoms with van der Waals surface area (Å²) in [5.41, 5.74) is 0.668. The Bertz CT molecular complexity index is 879. The summed E-state index contributed by atoms with van der Waals surface area (Å²) in [6.07, 6.45) is 0.973. The van der Waals surface area contributed by atoms with Crippen molar-refractivity contribution < 1.29 is 19.1 Å². The van der Waals surface area contributed by atoms with Crippen LogP contribution in [-0.4, -0.2) is 42.3 Å². The lowest BCUT2D eigenvalue weighted by atomic mass is 9.72. The van der Waals surface area contributed by atoms with Crippen LogP contribution in [0, 0.1) is 13.8 Å². The van der Waals surface area contributed by atoms with Crippen LogP contribution in [0.1, 0.15) is 45.4 Å². The molecule has 1 aromatic heterocycles. The molecule has 0 bridgehead atoms. The molecule has 3 rings (SSSR count). The second kappa shape index (κ2) is 8.27. The molecule has 6 heteroatoms. The van der Waals surface area contributed by atoms with Crippen molar-refractivity contribution in [3.8, 4) is 0 Å². The summed E-state index contributed by atoms with van der Waals surface area (Å²) in [6, 6.07) is 11.4. The Kier molecular flexibility index (Phi) is 5.98. The van der Waals surface area contributed by atoms with Gasteiger partial charge >= 0.3 is 5.97 Å². The van der Waals surface area contributed by atoms with Crippen LogP contribution in [0.2, 0.25) is 0 Å². The lowest BCUT2D eigenvalue weighted by molar-refractivity contribution is -0.153. The molecule has 0 N–H and O–H groups in total. The van der Waals surface area contributed by atoms with E-state index >= 15 is 0 Å². The standard InChI is InChI=1S/C22H25NO4S/c1-15-13-19(16(2)28-15)20(25)14-27-21(26)22(18-7-5-4-6-8-18)9-11-23(12-10-22)17(3)24/h4-8,13H,9-12,14H2,1-3H3. The summed E-state index contributed by atoms with van der Waals surface area (Å²) in [5, 5.41) is 0. The first kappa shape index (κ1) is 20.3. The number of amides is 1. The van der Waals surface area contributed by atoms with Crippen molar-refractivity contribution >= 4 is 29.0 Å². The number of carbonyl (C=O) groups is 3. The van der Waals surface area contributed by atoms with E-state index in [1.165, 1.54) is 6.92 Å². The summed E-state index contributed by atoms with van der Waals surface area (Å²) in [4.78, 5) is 41.1. The Morgan fingerprint density at radius 2 is 1.75 bits per heavy atom. The summed E-state index contributed by atoms with van der Waals surface area (Å²) in [6.45, 7) is 6.12. The van der Waals surface area contributed by atoms with Crippen LogP contribution < -0.4 is 0 Å². The predicted molar refractivity (Wildman–Crippen MR) is 109 cm³/mol. The Balaban J connectivity index is 1.77. The van der Waals surface area contributed by atoms with Crippen molar-refractivity contribution in [2.75, 3.05) is 19.7 Å². The normalized spacial score (nSPS) is 15.9. The first-order valence-corrected chi connectivity index (χ1v) is 10.2. The number of likely N-dealkylation sites (tertiary alicyclic amines) is 1. The van der Waals surface area contributed by atoms with Crippen LogP contribution in [0.25, 0.3) is 0 Å². The molecule has 0 atom stereocenters. The molecule has 0 radical (unpaired) electrons. The number of nitrogens with zero attached hydrogens (tertiary/aromatic N) is 1. The van der Waals surface area contributed by atoms with Gasteiger partial charge in [-0.15, -0.1) is 11.3 Å². The van der Waals surface area contributed by atoms with Crippen LogP contribution in [0.15, 0.2) is 36.4 Å². The van der Waals surface area contributed by atoms with Gasteiger partial charge in [0.15, 0.2) is 6.61 Å². The molecule has 28 heavy (non-hydrogen) atoms. The number of ketones is 1. The van der Waals surface area contributed by atoms with E-state index in [1.54, 1.807) is 16.2 Å². The maximum absolute atomic E-state index is 13.1. The van der Waals surface area contributed by atoms with Crippen LogP contribution in [-0.2, 0) is 19.7 Å². The SMILES string of the molecule is CC(=O)N1CCC(C(=O)OCC(=O)c2cc(C)sc2C)(c2ccccc2)CC1. The molecule has 5 nitrogen and oxygen atoms in total. The number of benzene rings is 1. The van der Waals surface area contributed by atoms with Crippen molar-refractivity contribution in [3.05, 3.63) is 57.3 Å². The third kappa shape index (κ3) is 4.02. The molecule has 1 aromatic carbocycles. The smallest absolute Gasteiger partial charge is 0.317 e. The van der Waals surface area contributed by atoms with E-state index in [9.17, 15) is 14.4 Å². The number of hydrogen-bond acceptors (Lipinski definition) is 5. The van der Waals surface area contributed by atoms with Crippen molar-refractivity contribution in [1.29, 1.82) is 0 Å². The molecule has 0 aliphatic carbocycles. The fourth-order valence-electron chi connectivity index (χ4n) is 3.83. The lowest BCUT2D eigenvalue weighted by Gasteiger charge is -2.40. The molecule has 1 amide bonds. The quantitative estimate of drug-likeness (QED) is 0.568. The van der Waals surface area contributed by atoms with E-state index in [1.807, 2.05) is 50.2 Å². The number of esters is 1. The second-order valence-corrected chi connectivity index (χ2v) is 8.74. The van der Waals surface area contributed by atoms with Gasteiger partial charge in [0.2, 0.25) is 11.7 Å². The van der Waals surface area contributed by atoms with Gasteiger partial charge in [-0.1, -0.05) is 30.3 Å². The number of carbonyl (C=O) groups excluding carboxylic acids is 3. The van der Waals surface area contributed by atoms with Crippen molar-refractivity contribution in [1.82, 2.24) is 4.90 Å². The van der Waals surface area contributed by atoms with Crippen LogP contribution in [0.3, 0.4) is 0 Å². The average Bonchev–Trinajstić information content (AvgIpc) is 3.04.